The fourth-order valence-electron chi connectivity index (χ4n) is 4.61. The molecular formula is C27H42N2O5S. The zero-order chi connectivity index (χ0) is 26.6. The number of ether oxygens (including phenoxy) is 1. The molecule has 1 aliphatic heterocycles. The molecule has 1 saturated heterocycles. The van der Waals surface area contributed by atoms with Crippen molar-refractivity contribution < 1.29 is 24.2 Å². The second-order valence-electron chi connectivity index (χ2n) is 11.1. The number of nitrogens with zero attached hydrogens (tertiary/aromatic N) is 1. The van der Waals surface area contributed by atoms with Crippen LogP contribution in [0, 0.1) is 24.2 Å². The Morgan fingerprint density at radius 1 is 1.29 bits per heavy atom. The fourth-order valence-corrected chi connectivity index (χ4v) is 5.18. The molecule has 0 radical (unpaired) electrons. The molecule has 0 amide bonds. The van der Waals surface area contributed by atoms with Gasteiger partial charge in [-0.15, -0.1) is 11.3 Å². The van der Waals surface area contributed by atoms with E-state index in [0.717, 1.165) is 16.3 Å². The molecule has 3 N–H and O–H groups in total. The van der Waals surface area contributed by atoms with Crippen molar-refractivity contribution in [1.29, 1.82) is 0 Å². The number of hydrogen-bond acceptors (Lipinski definition) is 7. The summed E-state index contributed by atoms with van der Waals surface area (Å²) in [6.07, 6.45) is 4.51. The number of nitrogens with two attached hydrogens (primary N) is 1. The highest BCUT2D eigenvalue weighted by atomic mass is 32.1. The monoisotopic (exact) mass is 506 g/mol. The van der Waals surface area contributed by atoms with Crippen LogP contribution < -0.4 is 5.73 Å². The Kier molecular flexibility index (Phi) is 9.96. The van der Waals surface area contributed by atoms with Gasteiger partial charge in [-0.05, 0) is 52.5 Å². The molecule has 0 aromatic carbocycles. The van der Waals surface area contributed by atoms with E-state index in [1.165, 1.54) is 0 Å². The van der Waals surface area contributed by atoms with Crippen LogP contribution in [0.25, 0.3) is 6.08 Å². The molecule has 35 heavy (non-hydrogen) atoms. The van der Waals surface area contributed by atoms with Crippen LogP contribution in [0.1, 0.15) is 90.8 Å². The SMILES string of the molecule is C/C(=C\c1csc(C)n1)[C@@H](N)C[C@@H]1O[C@]1(C)CCC(=O)[C@H](C)C[C@@H](C)C(=O)C(C)(C)CCC(=O)O. The van der Waals surface area contributed by atoms with E-state index < -0.39 is 11.4 Å². The van der Waals surface area contributed by atoms with Gasteiger partial charge < -0.3 is 15.6 Å². The Morgan fingerprint density at radius 3 is 2.51 bits per heavy atom. The van der Waals surface area contributed by atoms with Gasteiger partial charge in [0.25, 0.3) is 0 Å². The van der Waals surface area contributed by atoms with Gasteiger partial charge in [0.1, 0.15) is 11.6 Å². The number of Topliss-reactive ketones (excluding diaryl/α,β-unsaturated/α-hetero) is 2. The topological polar surface area (TPSA) is 123 Å². The lowest BCUT2D eigenvalue weighted by Crippen LogP contribution is -2.32. The lowest BCUT2D eigenvalue weighted by molar-refractivity contribution is -0.138. The first-order chi connectivity index (χ1) is 16.1. The van der Waals surface area contributed by atoms with Crippen LogP contribution in [0.5, 0.6) is 0 Å². The molecule has 1 aromatic heterocycles. The van der Waals surface area contributed by atoms with Gasteiger partial charge in [0.2, 0.25) is 0 Å². The fraction of sp³-hybridized carbons (Fsp3) is 0.704. The van der Waals surface area contributed by atoms with E-state index >= 15 is 0 Å². The smallest absolute Gasteiger partial charge is 0.303 e. The molecule has 2 rings (SSSR count). The zero-order valence-corrected chi connectivity index (χ0v) is 23.0. The number of carboxylic acid groups (broad SMARTS) is 1. The normalized spacial score (nSPS) is 23.0. The maximum absolute atomic E-state index is 12.8. The number of carboxylic acids is 1. The minimum absolute atomic E-state index is 0.0150. The van der Waals surface area contributed by atoms with Crippen LogP contribution >= 0.6 is 11.3 Å². The molecule has 0 unspecified atom stereocenters. The summed E-state index contributed by atoms with van der Waals surface area (Å²) < 4.78 is 5.94. The molecule has 1 fully saturated rings. The minimum atomic E-state index is -0.905. The van der Waals surface area contributed by atoms with Gasteiger partial charge in [-0.25, -0.2) is 4.98 Å². The molecule has 196 valence electrons. The summed E-state index contributed by atoms with van der Waals surface area (Å²) in [5.74, 6) is -1.30. The lowest BCUT2D eigenvalue weighted by atomic mass is 9.75. The Morgan fingerprint density at radius 2 is 1.94 bits per heavy atom. The molecule has 1 aromatic rings. The highest BCUT2D eigenvalue weighted by molar-refractivity contribution is 7.09. The zero-order valence-electron chi connectivity index (χ0n) is 22.2. The quantitative estimate of drug-likeness (QED) is 0.313. The van der Waals surface area contributed by atoms with Crippen molar-refractivity contribution in [3.05, 3.63) is 21.7 Å². The number of rotatable bonds is 15. The van der Waals surface area contributed by atoms with Crippen LogP contribution in [0.3, 0.4) is 0 Å². The molecule has 5 atom stereocenters. The Labute approximate surface area is 213 Å². The minimum Gasteiger partial charge on any atom is -0.481 e. The van der Waals surface area contributed by atoms with Gasteiger partial charge in [-0.2, -0.15) is 0 Å². The molecule has 2 heterocycles. The summed E-state index contributed by atoms with van der Waals surface area (Å²) >= 11 is 1.61. The van der Waals surface area contributed by atoms with Crippen LogP contribution in [0.4, 0.5) is 0 Å². The number of hydrogen-bond donors (Lipinski definition) is 2. The largest absolute Gasteiger partial charge is 0.481 e. The van der Waals surface area contributed by atoms with E-state index in [9.17, 15) is 14.4 Å². The Bertz CT molecular complexity index is 953. The molecule has 1 aliphatic rings. The van der Waals surface area contributed by atoms with E-state index in [1.807, 2.05) is 46.1 Å². The third kappa shape index (κ3) is 8.62. The van der Waals surface area contributed by atoms with Gasteiger partial charge in [0, 0.05) is 41.5 Å². The number of aliphatic carboxylic acids is 1. The second kappa shape index (κ2) is 11.9. The first-order valence-electron chi connectivity index (χ1n) is 12.5. The van der Waals surface area contributed by atoms with Crippen molar-refractivity contribution in [3.63, 3.8) is 0 Å². The third-order valence-corrected chi connectivity index (χ3v) is 8.10. The van der Waals surface area contributed by atoms with E-state index in [1.54, 1.807) is 25.2 Å². The summed E-state index contributed by atoms with van der Waals surface area (Å²) in [4.78, 5) is 41.0. The standard InChI is InChI=1S/C27H42N2O5S/c1-16(13-20-15-35-19(4)29-20)21(28)14-23-27(7,34-23)11-8-22(30)17(2)12-18(3)25(33)26(5,6)10-9-24(31)32/h13,15,17-18,21,23H,8-12,14,28H2,1-7H3,(H,31,32)/b16-13+/t17-,18-,21+,23+,27-/m1/s1. The number of aryl methyl sites for hydroxylation is 1. The van der Waals surface area contributed by atoms with Crippen LogP contribution in [-0.4, -0.2) is 45.4 Å². The van der Waals surface area contributed by atoms with Gasteiger partial charge in [-0.1, -0.05) is 33.3 Å². The maximum Gasteiger partial charge on any atom is 0.303 e. The highest BCUT2D eigenvalue weighted by Gasteiger charge is 2.52. The average molecular weight is 507 g/mol. The van der Waals surface area contributed by atoms with Gasteiger partial charge in [0.15, 0.2) is 0 Å². The Hall–Kier alpha value is -1.90. The predicted molar refractivity (Wildman–Crippen MR) is 139 cm³/mol. The van der Waals surface area contributed by atoms with Gasteiger partial charge in [-0.3, -0.25) is 14.4 Å². The molecule has 0 saturated carbocycles. The molecular weight excluding hydrogens is 464 g/mol. The number of ketones is 2. The van der Waals surface area contributed by atoms with Gasteiger partial charge in [0.05, 0.1) is 22.4 Å². The summed E-state index contributed by atoms with van der Waals surface area (Å²) in [5.41, 5.74) is 7.32. The van der Waals surface area contributed by atoms with Crippen molar-refractivity contribution in [2.45, 2.75) is 105 Å². The summed E-state index contributed by atoms with van der Waals surface area (Å²) in [7, 11) is 0. The van der Waals surface area contributed by atoms with Crippen LogP contribution in [-0.2, 0) is 19.1 Å². The van der Waals surface area contributed by atoms with Crippen molar-refractivity contribution >= 4 is 34.9 Å². The van der Waals surface area contributed by atoms with E-state index in [2.05, 4.69) is 4.98 Å². The van der Waals surface area contributed by atoms with Crippen LogP contribution in [0.2, 0.25) is 0 Å². The number of epoxide rings is 1. The third-order valence-electron chi connectivity index (χ3n) is 7.30. The number of aromatic nitrogens is 1. The maximum atomic E-state index is 12.8. The van der Waals surface area contributed by atoms with Crippen molar-refractivity contribution in [1.82, 2.24) is 4.98 Å². The first-order valence-corrected chi connectivity index (χ1v) is 13.3. The van der Waals surface area contributed by atoms with E-state index in [4.69, 9.17) is 15.6 Å². The summed E-state index contributed by atoms with van der Waals surface area (Å²) in [6.45, 7) is 13.3. The average Bonchev–Trinajstić information content (AvgIpc) is 3.22. The molecule has 0 aliphatic carbocycles. The number of carbonyl (C=O) groups is 3. The molecule has 0 bridgehead atoms. The van der Waals surface area contributed by atoms with Gasteiger partial charge >= 0.3 is 5.97 Å². The predicted octanol–water partition coefficient (Wildman–Crippen LogP) is 5.20. The van der Waals surface area contributed by atoms with Crippen molar-refractivity contribution in [3.8, 4) is 0 Å². The Balaban J connectivity index is 1.79. The lowest BCUT2D eigenvalue weighted by Gasteiger charge is -2.27. The number of thiazole rings is 1. The van der Waals surface area contributed by atoms with E-state index in [-0.39, 0.29) is 47.6 Å². The first kappa shape index (κ1) is 29.3. The van der Waals surface area contributed by atoms with E-state index in [0.29, 0.717) is 32.1 Å². The van der Waals surface area contributed by atoms with Crippen molar-refractivity contribution in [2.75, 3.05) is 0 Å². The molecule has 8 heteroatoms. The summed E-state index contributed by atoms with van der Waals surface area (Å²) in [6, 6.07) is -0.130. The number of carbonyl (C=O) groups excluding carboxylic acids is 2. The molecule has 0 spiro atoms. The van der Waals surface area contributed by atoms with Crippen molar-refractivity contribution in [2.24, 2.45) is 23.0 Å². The second-order valence-corrected chi connectivity index (χ2v) is 12.1. The van der Waals surface area contributed by atoms with Crippen LogP contribution in [0.15, 0.2) is 11.0 Å². The summed E-state index contributed by atoms with van der Waals surface area (Å²) in [5, 5.41) is 12.0. The molecule has 7 nitrogen and oxygen atoms in total. The highest BCUT2D eigenvalue weighted by Crippen LogP contribution is 2.43.